The van der Waals surface area contributed by atoms with Gasteiger partial charge in [0.2, 0.25) is 0 Å². The molecule has 84 valence electrons. The van der Waals surface area contributed by atoms with Gasteiger partial charge < -0.3 is 9.32 Å². The average molecular weight is 236 g/mol. The second-order valence-corrected chi connectivity index (χ2v) is 4.57. The Morgan fingerprint density at radius 3 is 2.94 bits per heavy atom. The Balaban J connectivity index is 2.07. The van der Waals surface area contributed by atoms with Crippen molar-refractivity contribution in [2.24, 2.45) is 0 Å². The van der Waals surface area contributed by atoms with Gasteiger partial charge in [-0.1, -0.05) is 0 Å². The molecule has 0 aliphatic carbocycles. The third kappa shape index (κ3) is 2.30. The third-order valence-corrected chi connectivity index (χ3v) is 2.99. The van der Waals surface area contributed by atoms with Gasteiger partial charge in [-0.25, -0.2) is 4.98 Å². The van der Waals surface area contributed by atoms with Gasteiger partial charge in [0.25, 0.3) is 0 Å². The zero-order valence-corrected chi connectivity index (χ0v) is 9.95. The number of furan rings is 1. The van der Waals surface area contributed by atoms with Crippen LogP contribution in [0.15, 0.2) is 21.9 Å². The minimum atomic E-state index is 0.344. The molecule has 0 N–H and O–H groups in total. The molecule has 16 heavy (non-hydrogen) atoms. The summed E-state index contributed by atoms with van der Waals surface area (Å²) in [6.45, 7) is 2.65. The van der Waals surface area contributed by atoms with Crippen LogP contribution in [0.25, 0.3) is 0 Å². The van der Waals surface area contributed by atoms with Gasteiger partial charge in [0.05, 0.1) is 17.2 Å². The van der Waals surface area contributed by atoms with Crippen LogP contribution in [0.4, 0.5) is 5.88 Å². The number of carbonyl (C=O) groups excluding carboxylic acids is 1. The Labute approximate surface area is 97.5 Å². The summed E-state index contributed by atoms with van der Waals surface area (Å²) in [7, 11) is 1.90. The first-order valence-corrected chi connectivity index (χ1v) is 5.74. The molecule has 2 heterocycles. The van der Waals surface area contributed by atoms with Crippen LogP contribution in [0.3, 0.4) is 0 Å². The monoisotopic (exact) mass is 236 g/mol. The summed E-state index contributed by atoms with van der Waals surface area (Å²) >= 11 is 1.63. The fourth-order valence-corrected chi connectivity index (χ4v) is 2.02. The molecule has 0 saturated carbocycles. The highest BCUT2D eigenvalue weighted by Gasteiger charge is 2.08. The van der Waals surface area contributed by atoms with Crippen molar-refractivity contribution in [3.05, 3.63) is 34.0 Å². The molecule has 0 atom stereocenters. The fraction of sp³-hybridized carbons (Fsp3) is 0.273. The molecule has 0 bridgehead atoms. The molecule has 0 unspecified atom stereocenters. The van der Waals surface area contributed by atoms with E-state index in [4.69, 9.17) is 4.42 Å². The molecular weight excluding hydrogens is 224 g/mol. The Morgan fingerprint density at radius 1 is 1.56 bits per heavy atom. The second kappa shape index (κ2) is 4.49. The smallest absolute Gasteiger partial charge is 0.196 e. The highest BCUT2D eigenvalue weighted by Crippen LogP contribution is 2.19. The minimum absolute atomic E-state index is 0.344. The molecular formula is C11H12N2O2S. The third-order valence-electron chi connectivity index (χ3n) is 2.17. The van der Waals surface area contributed by atoms with Crippen molar-refractivity contribution in [2.75, 3.05) is 11.9 Å². The standard InChI is InChI=1S/C11H12N2O2S/c1-8-12-9(7-16-8)5-13(2)11-4-3-10(6-14)15-11/h3-4,6-7H,5H2,1-2H3. The normalized spacial score (nSPS) is 10.4. The van der Waals surface area contributed by atoms with E-state index in [1.54, 1.807) is 23.5 Å². The maximum absolute atomic E-state index is 10.5. The van der Waals surface area contributed by atoms with E-state index in [0.29, 0.717) is 24.5 Å². The van der Waals surface area contributed by atoms with Crippen LogP contribution in [-0.4, -0.2) is 18.3 Å². The van der Waals surface area contributed by atoms with Crippen LogP contribution < -0.4 is 4.90 Å². The summed E-state index contributed by atoms with van der Waals surface area (Å²) in [5, 5.41) is 3.08. The summed E-state index contributed by atoms with van der Waals surface area (Å²) in [6, 6.07) is 3.44. The van der Waals surface area contributed by atoms with Gasteiger partial charge in [-0.05, 0) is 13.0 Å². The molecule has 4 nitrogen and oxygen atoms in total. The fourth-order valence-electron chi connectivity index (χ4n) is 1.41. The van der Waals surface area contributed by atoms with Crippen molar-refractivity contribution in [2.45, 2.75) is 13.5 Å². The van der Waals surface area contributed by atoms with E-state index < -0.39 is 0 Å². The van der Waals surface area contributed by atoms with Crippen molar-refractivity contribution in [1.29, 1.82) is 0 Å². The van der Waals surface area contributed by atoms with Gasteiger partial charge in [-0.2, -0.15) is 0 Å². The zero-order valence-electron chi connectivity index (χ0n) is 9.14. The molecule has 0 amide bonds. The van der Waals surface area contributed by atoms with Crippen LogP contribution in [0.1, 0.15) is 21.3 Å². The van der Waals surface area contributed by atoms with Crippen molar-refractivity contribution < 1.29 is 9.21 Å². The SMILES string of the molecule is Cc1nc(CN(C)c2ccc(C=O)o2)cs1. The summed E-state index contributed by atoms with van der Waals surface area (Å²) in [4.78, 5) is 16.8. The Kier molecular flexibility index (Phi) is 3.05. The summed E-state index contributed by atoms with van der Waals surface area (Å²) < 4.78 is 5.31. The molecule has 0 fully saturated rings. The van der Waals surface area contributed by atoms with Gasteiger partial charge in [0, 0.05) is 18.5 Å². The Morgan fingerprint density at radius 2 is 2.38 bits per heavy atom. The quantitative estimate of drug-likeness (QED) is 0.765. The van der Waals surface area contributed by atoms with E-state index in [1.807, 2.05) is 24.3 Å². The molecule has 0 aliphatic rings. The van der Waals surface area contributed by atoms with E-state index in [1.165, 1.54) is 0 Å². The summed E-state index contributed by atoms with van der Waals surface area (Å²) in [5.41, 5.74) is 1.01. The van der Waals surface area contributed by atoms with Crippen LogP contribution in [0.5, 0.6) is 0 Å². The highest BCUT2D eigenvalue weighted by atomic mass is 32.1. The number of hydrogen-bond acceptors (Lipinski definition) is 5. The molecule has 2 aromatic heterocycles. The number of hydrogen-bond donors (Lipinski definition) is 0. The molecule has 2 aromatic rings. The number of carbonyl (C=O) groups is 1. The van der Waals surface area contributed by atoms with Crippen LogP contribution in [0, 0.1) is 6.92 Å². The van der Waals surface area contributed by atoms with Gasteiger partial charge in [-0.3, -0.25) is 4.79 Å². The Hall–Kier alpha value is -1.62. The van der Waals surface area contributed by atoms with Crippen molar-refractivity contribution in [3.8, 4) is 0 Å². The number of nitrogens with zero attached hydrogens (tertiary/aromatic N) is 2. The zero-order chi connectivity index (χ0) is 11.5. The molecule has 0 saturated heterocycles. The van der Waals surface area contributed by atoms with E-state index in [2.05, 4.69) is 4.98 Å². The van der Waals surface area contributed by atoms with Gasteiger partial charge in [0.15, 0.2) is 17.9 Å². The van der Waals surface area contributed by atoms with E-state index in [-0.39, 0.29) is 0 Å². The molecule has 0 aliphatic heterocycles. The minimum Gasteiger partial charge on any atom is -0.438 e. The van der Waals surface area contributed by atoms with Crippen LogP contribution >= 0.6 is 11.3 Å². The largest absolute Gasteiger partial charge is 0.438 e. The lowest BCUT2D eigenvalue weighted by Crippen LogP contribution is -2.15. The molecule has 2 rings (SSSR count). The average Bonchev–Trinajstić information content (AvgIpc) is 2.87. The number of rotatable bonds is 4. The molecule has 0 radical (unpaired) electrons. The lowest BCUT2D eigenvalue weighted by atomic mass is 10.4. The topological polar surface area (TPSA) is 46.3 Å². The van der Waals surface area contributed by atoms with Crippen molar-refractivity contribution in [1.82, 2.24) is 4.98 Å². The maximum Gasteiger partial charge on any atom is 0.196 e. The van der Waals surface area contributed by atoms with Gasteiger partial charge in [0.1, 0.15) is 0 Å². The van der Waals surface area contributed by atoms with Crippen LogP contribution in [-0.2, 0) is 6.54 Å². The van der Waals surface area contributed by atoms with Crippen molar-refractivity contribution in [3.63, 3.8) is 0 Å². The predicted octanol–water partition coefficient (Wildman–Crippen LogP) is 2.49. The summed E-state index contributed by atoms with van der Waals surface area (Å²) in [6.07, 6.45) is 0.699. The van der Waals surface area contributed by atoms with Gasteiger partial charge in [-0.15, -0.1) is 11.3 Å². The second-order valence-electron chi connectivity index (χ2n) is 3.51. The lowest BCUT2D eigenvalue weighted by molar-refractivity contribution is 0.110. The van der Waals surface area contributed by atoms with E-state index in [9.17, 15) is 4.79 Å². The number of aldehydes is 1. The van der Waals surface area contributed by atoms with Crippen molar-refractivity contribution >= 4 is 23.5 Å². The first kappa shape index (κ1) is 10.9. The maximum atomic E-state index is 10.5. The molecule has 5 heteroatoms. The molecule has 0 spiro atoms. The number of thiazole rings is 1. The number of aryl methyl sites for hydroxylation is 1. The first-order chi connectivity index (χ1) is 7.69. The van der Waals surface area contributed by atoms with Crippen LogP contribution in [0.2, 0.25) is 0 Å². The summed E-state index contributed by atoms with van der Waals surface area (Å²) in [5.74, 6) is 1.02. The lowest BCUT2D eigenvalue weighted by Gasteiger charge is -2.13. The van der Waals surface area contributed by atoms with E-state index >= 15 is 0 Å². The first-order valence-electron chi connectivity index (χ1n) is 4.86. The molecule has 0 aromatic carbocycles. The Bertz CT molecular complexity index is 490. The number of aromatic nitrogens is 1. The number of anilines is 1. The van der Waals surface area contributed by atoms with E-state index in [0.717, 1.165) is 10.7 Å². The van der Waals surface area contributed by atoms with Gasteiger partial charge >= 0.3 is 0 Å². The predicted molar refractivity (Wildman–Crippen MR) is 63.1 cm³/mol. The highest BCUT2D eigenvalue weighted by molar-refractivity contribution is 7.09.